The van der Waals surface area contributed by atoms with E-state index in [0.29, 0.717) is 5.82 Å². The molecule has 4 N–H and O–H groups in total. The SMILES string of the molecule is Cc1c(NN)nc(C(C)(C)C)nc1Nc1ccc(I)cc1. The molecule has 0 aliphatic heterocycles. The van der Waals surface area contributed by atoms with Gasteiger partial charge in [-0.1, -0.05) is 20.8 Å². The summed E-state index contributed by atoms with van der Waals surface area (Å²) < 4.78 is 1.19. The third kappa shape index (κ3) is 3.82. The standard InChI is InChI=1S/C15H20IN5/c1-9-12(18-11-7-5-10(16)6-8-11)19-14(15(2,3)4)20-13(9)21-17/h5-8H,17H2,1-4H3,(H2,18,19,20,21). The van der Waals surface area contributed by atoms with Gasteiger partial charge in [-0.2, -0.15) is 0 Å². The Morgan fingerprint density at radius 3 is 2.14 bits per heavy atom. The van der Waals surface area contributed by atoms with E-state index in [1.807, 2.05) is 31.2 Å². The molecule has 0 saturated carbocycles. The van der Waals surface area contributed by atoms with Gasteiger partial charge in [0.25, 0.3) is 0 Å². The minimum absolute atomic E-state index is 0.151. The minimum Gasteiger partial charge on any atom is -0.340 e. The van der Waals surface area contributed by atoms with Crippen molar-refractivity contribution in [3.63, 3.8) is 0 Å². The maximum Gasteiger partial charge on any atom is 0.148 e. The van der Waals surface area contributed by atoms with E-state index in [0.717, 1.165) is 22.9 Å². The molecule has 0 atom stereocenters. The Balaban J connectivity index is 2.44. The van der Waals surface area contributed by atoms with Crippen molar-refractivity contribution in [3.05, 3.63) is 39.2 Å². The van der Waals surface area contributed by atoms with Gasteiger partial charge in [-0.3, -0.25) is 0 Å². The first-order chi connectivity index (χ1) is 9.81. The number of benzene rings is 1. The number of hydrogen-bond acceptors (Lipinski definition) is 5. The number of nitrogen functional groups attached to an aromatic ring is 1. The van der Waals surface area contributed by atoms with E-state index in [9.17, 15) is 0 Å². The smallest absolute Gasteiger partial charge is 0.148 e. The maximum atomic E-state index is 5.58. The molecule has 0 unspecified atom stereocenters. The number of nitrogens with two attached hydrogens (primary N) is 1. The van der Waals surface area contributed by atoms with Crippen molar-refractivity contribution < 1.29 is 0 Å². The van der Waals surface area contributed by atoms with E-state index < -0.39 is 0 Å². The van der Waals surface area contributed by atoms with Crippen LogP contribution >= 0.6 is 22.6 Å². The van der Waals surface area contributed by atoms with E-state index >= 15 is 0 Å². The van der Waals surface area contributed by atoms with E-state index in [4.69, 9.17) is 5.84 Å². The van der Waals surface area contributed by atoms with Crippen LogP contribution in [0.4, 0.5) is 17.3 Å². The molecule has 0 spiro atoms. The molecule has 1 heterocycles. The summed E-state index contributed by atoms with van der Waals surface area (Å²) in [4.78, 5) is 9.14. The number of aromatic nitrogens is 2. The Bertz CT molecular complexity index is 632. The van der Waals surface area contributed by atoms with Crippen LogP contribution in [-0.4, -0.2) is 9.97 Å². The van der Waals surface area contributed by atoms with Crippen LogP contribution in [0.15, 0.2) is 24.3 Å². The number of hydrazine groups is 1. The Labute approximate surface area is 138 Å². The predicted octanol–water partition coefficient (Wildman–Crippen LogP) is 3.72. The van der Waals surface area contributed by atoms with Gasteiger partial charge in [-0.25, -0.2) is 15.8 Å². The van der Waals surface area contributed by atoms with Crippen molar-refractivity contribution in [2.75, 3.05) is 10.7 Å². The van der Waals surface area contributed by atoms with Gasteiger partial charge in [-0.15, -0.1) is 0 Å². The summed E-state index contributed by atoms with van der Waals surface area (Å²) in [5.41, 5.74) is 4.38. The van der Waals surface area contributed by atoms with E-state index in [2.05, 4.69) is 64.1 Å². The second-order valence-corrected chi connectivity index (χ2v) is 7.14. The van der Waals surface area contributed by atoms with E-state index in [-0.39, 0.29) is 5.41 Å². The molecule has 6 heteroatoms. The van der Waals surface area contributed by atoms with Gasteiger partial charge in [0.05, 0.1) is 0 Å². The van der Waals surface area contributed by atoms with Gasteiger partial charge in [0.2, 0.25) is 0 Å². The van der Waals surface area contributed by atoms with Crippen molar-refractivity contribution >= 4 is 39.9 Å². The van der Waals surface area contributed by atoms with Crippen LogP contribution in [-0.2, 0) is 5.41 Å². The second kappa shape index (κ2) is 6.15. The molecule has 5 nitrogen and oxygen atoms in total. The van der Waals surface area contributed by atoms with E-state index in [1.54, 1.807) is 0 Å². The number of nitrogens with zero attached hydrogens (tertiary/aromatic N) is 2. The predicted molar refractivity (Wildman–Crippen MR) is 95.7 cm³/mol. The normalized spacial score (nSPS) is 11.3. The highest BCUT2D eigenvalue weighted by atomic mass is 127. The Morgan fingerprint density at radius 1 is 1.05 bits per heavy atom. The van der Waals surface area contributed by atoms with Gasteiger partial charge in [0, 0.05) is 20.2 Å². The third-order valence-corrected chi connectivity index (χ3v) is 3.78. The van der Waals surface area contributed by atoms with E-state index in [1.165, 1.54) is 3.57 Å². The largest absolute Gasteiger partial charge is 0.340 e. The van der Waals surface area contributed by atoms with Crippen LogP contribution in [0.3, 0.4) is 0 Å². The summed E-state index contributed by atoms with van der Waals surface area (Å²) in [7, 11) is 0. The average molecular weight is 397 g/mol. The zero-order chi connectivity index (χ0) is 15.6. The Kier molecular flexibility index (Phi) is 4.67. The summed E-state index contributed by atoms with van der Waals surface area (Å²) in [6.45, 7) is 8.17. The zero-order valence-electron chi connectivity index (χ0n) is 12.7. The first-order valence-electron chi connectivity index (χ1n) is 6.69. The molecule has 2 aromatic rings. The van der Waals surface area contributed by atoms with Gasteiger partial charge in [0.1, 0.15) is 17.5 Å². The van der Waals surface area contributed by atoms with Crippen molar-refractivity contribution in [2.45, 2.75) is 33.1 Å². The fourth-order valence-electron chi connectivity index (χ4n) is 1.78. The number of hydrogen-bond donors (Lipinski definition) is 3. The molecule has 21 heavy (non-hydrogen) atoms. The quantitative estimate of drug-likeness (QED) is 0.418. The molecular weight excluding hydrogens is 377 g/mol. The van der Waals surface area contributed by atoms with Gasteiger partial charge < -0.3 is 10.7 Å². The summed E-state index contributed by atoms with van der Waals surface area (Å²) in [5.74, 6) is 7.73. The molecule has 2 rings (SSSR count). The molecule has 1 aromatic carbocycles. The number of halogens is 1. The van der Waals surface area contributed by atoms with Crippen LogP contribution < -0.4 is 16.6 Å². The second-order valence-electron chi connectivity index (χ2n) is 5.90. The molecule has 0 amide bonds. The maximum absolute atomic E-state index is 5.58. The molecule has 112 valence electrons. The van der Waals surface area contributed by atoms with Crippen LogP contribution in [0.5, 0.6) is 0 Å². The van der Waals surface area contributed by atoms with Gasteiger partial charge in [-0.05, 0) is 53.8 Å². The summed E-state index contributed by atoms with van der Waals surface area (Å²) in [6.07, 6.45) is 0. The monoisotopic (exact) mass is 397 g/mol. The first-order valence-corrected chi connectivity index (χ1v) is 7.77. The summed E-state index contributed by atoms with van der Waals surface area (Å²) in [5, 5.41) is 3.34. The first kappa shape index (κ1) is 16.0. The number of rotatable bonds is 3. The summed E-state index contributed by atoms with van der Waals surface area (Å²) in [6, 6.07) is 8.14. The fraction of sp³-hybridized carbons (Fsp3) is 0.333. The van der Waals surface area contributed by atoms with Crippen molar-refractivity contribution in [1.29, 1.82) is 0 Å². The highest BCUT2D eigenvalue weighted by Gasteiger charge is 2.21. The molecule has 0 saturated heterocycles. The summed E-state index contributed by atoms with van der Waals surface area (Å²) >= 11 is 2.28. The third-order valence-electron chi connectivity index (χ3n) is 3.06. The van der Waals surface area contributed by atoms with Crippen LogP contribution in [0.25, 0.3) is 0 Å². The lowest BCUT2D eigenvalue weighted by molar-refractivity contribution is 0.546. The zero-order valence-corrected chi connectivity index (χ0v) is 14.8. The average Bonchev–Trinajstić information content (AvgIpc) is 2.42. The molecule has 0 aliphatic carbocycles. The Morgan fingerprint density at radius 2 is 1.62 bits per heavy atom. The molecule has 1 aromatic heterocycles. The lowest BCUT2D eigenvalue weighted by atomic mass is 9.95. The van der Waals surface area contributed by atoms with Crippen molar-refractivity contribution in [1.82, 2.24) is 9.97 Å². The molecule has 0 radical (unpaired) electrons. The van der Waals surface area contributed by atoms with Crippen LogP contribution in [0.1, 0.15) is 32.2 Å². The molecule has 0 bridgehead atoms. The number of anilines is 3. The fourth-order valence-corrected chi connectivity index (χ4v) is 2.14. The molecule has 0 aliphatic rings. The molecular formula is C15H20IN5. The minimum atomic E-state index is -0.151. The number of nitrogens with one attached hydrogen (secondary N) is 2. The van der Waals surface area contributed by atoms with Crippen molar-refractivity contribution in [3.8, 4) is 0 Å². The van der Waals surface area contributed by atoms with Crippen molar-refractivity contribution in [2.24, 2.45) is 5.84 Å². The topological polar surface area (TPSA) is 75.9 Å². The van der Waals surface area contributed by atoms with Crippen LogP contribution in [0, 0.1) is 10.5 Å². The highest BCUT2D eigenvalue weighted by Crippen LogP contribution is 2.27. The highest BCUT2D eigenvalue weighted by molar-refractivity contribution is 14.1. The van der Waals surface area contributed by atoms with Gasteiger partial charge >= 0.3 is 0 Å². The van der Waals surface area contributed by atoms with Crippen LogP contribution in [0.2, 0.25) is 0 Å². The lowest BCUT2D eigenvalue weighted by Gasteiger charge is -2.20. The Hall–Kier alpha value is -1.41. The van der Waals surface area contributed by atoms with Gasteiger partial charge in [0.15, 0.2) is 0 Å². The molecule has 0 fully saturated rings. The lowest BCUT2D eigenvalue weighted by Crippen LogP contribution is -2.20.